The molecular formula is C16H20INO3S. The van der Waals surface area contributed by atoms with Crippen LogP contribution in [0.5, 0.6) is 0 Å². The van der Waals surface area contributed by atoms with Gasteiger partial charge in [-0.3, -0.25) is 4.79 Å². The van der Waals surface area contributed by atoms with E-state index in [1.54, 1.807) is 11.0 Å². The van der Waals surface area contributed by atoms with Gasteiger partial charge in [0, 0.05) is 22.2 Å². The van der Waals surface area contributed by atoms with Crippen molar-refractivity contribution in [2.24, 2.45) is 0 Å². The van der Waals surface area contributed by atoms with E-state index in [9.17, 15) is 13.2 Å². The lowest BCUT2D eigenvalue weighted by Crippen LogP contribution is -2.58. The van der Waals surface area contributed by atoms with E-state index in [-0.39, 0.29) is 16.4 Å². The third-order valence-electron chi connectivity index (χ3n) is 4.69. The molecule has 1 aliphatic carbocycles. The Bertz CT molecular complexity index is 662. The Morgan fingerprint density at radius 2 is 1.77 bits per heavy atom. The molecule has 0 bridgehead atoms. The quantitative estimate of drug-likeness (QED) is 0.689. The van der Waals surface area contributed by atoms with Crippen LogP contribution in [0.1, 0.15) is 42.5 Å². The zero-order valence-corrected chi connectivity index (χ0v) is 15.3. The molecule has 0 spiro atoms. The average molecular weight is 433 g/mol. The van der Waals surface area contributed by atoms with Crippen molar-refractivity contribution < 1.29 is 13.2 Å². The van der Waals surface area contributed by atoms with Gasteiger partial charge in [0.2, 0.25) is 0 Å². The van der Waals surface area contributed by atoms with Gasteiger partial charge in [-0.15, -0.1) is 0 Å². The molecule has 1 aliphatic heterocycles. The summed E-state index contributed by atoms with van der Waals surface area (Å²) >= 11 is 2.17. The van der Waals surface area contributed by atoms with E-state index >= 15 is 0 Å². The van der Waals surface area contributed by atoms with Crippen LogP contribution in [0.2, 0.25) is 0 Å². The summed E-state index contributed by atoms with van der Waals surface area (Å²) in [5.74, 6) is -0.0615. The van der Waals surface area contributed by atoms with Crippen LogP contribution in [0.4, 0.5) is 0 Å². The van der Waals surface area contributed by atoms with Crippen LogP contribution in [0.25, 0.3) is 0 Å². The minimum Gasteiger partial charge on any atom is -0.336 e. The maximum atomic E-state index is 12.6. The normalized spacial score (nSPS) is 20.7. The average Bonchev–Trinajstić information content (AvgIpc) is 2.46. The van der Waals surface area contributed by atoms with Crippen LogP contribution in [0.3, 0.4) is 0 Å². The van der Waals surface area contributed by atoms with E-state index in [2.05, 4.69) is 22.6 Å². The summed E-state index contributed by atoms with van der Waals surface area (Å²) in [4.78, 5) is 14.0. The lowest BCUT2D eigenvalue weighted by molar-refractivity contribution is 0.0658. The third kappa shape index (κ3) is 3.18. The Morgan fingerprint density at radius 3 is 2.41 bits per heavy atom. The van der Waals surface area contributed by atoms with Gasteiger partial charge < -0.3 is 4.90 Å². The van der Waals surface area contributed by atoms with Gasteiger partial charge in [-0.05, 0) is 53.6 Å². The molecule has 2 aliphatic rings. The molecule has 1 saturated heterocycles. The highest BCUT2D eigenvalue weighted by Crippen LogP contribution is 2.30. The fourth-order valence-electron chi connectivity index (χ4n) is 3.28. The standard InChI is InChI=1S/C16H20INO3S/c17-13-6-4-5-12(9-13)16(19)18-10-15(11-18)22(20,21)14-7-2-1-3-8-14/h4-6,9,14-15H,1-3,7-8,10-11H2. The predicted octanol–water partition coefficient (Wildman–Crippen LogP) is 2.86. The second-order valence-corrected chi connectivity index (χ2v) is 9.95. The van der Waals surface area contributed by atoms with Crippen molar-refractivity contribution in [1.29, 1.82) is 0 Å². The highest BCUT2D eigenvalue weighted by atomic mass is 127. The summed E-state index contributed by atoms with van der Waals surface area (Å²) in [5, 5.41) is -0.538. The first kappa shape index (κ1) is 16.2. The molecule has 1 amide bonds. The molecule has 0 N–H and O–H groups in total. The number of carbonyl (C=O) groups is 1. The number of carbonyl (C=O) groups excluding carboxylic acids is 1. The van der Waals surface area contributed by atoms with Gasteiger partial charge in [-0.25, -0.2) is 8.42 Å². The van der Waals surface area contributed by atoms with Crippen LogP contribution in [0, 0.1) is 3.57 Å². The molecule has 6 heteroatoms. The van der Waals surface area contributed by atoms with Crippen molar-refractivity contribution in [1.82, 2.24) is 4.90 Å². The van der Waals surface area contributed by atoms with Crippen molar-refractivity contribution in [2.45, 2.75) is 42.6 Å². The van der Waals surface area contributed by atoms with Crippen molar-refractivity contribution in [3.05, 3.63) is 33.4 Å². The molecule has 0 aromatic heterocycles. The molecule has 120 valence electrons. The van der Waals surface area contributed by atoms with Gasteiger partial charge >= 0.3 is 0 Å². The van der Waals surface area contributed by atoms with E-state index in [1.165, 1.54) is 0 Å². The first-order valence-electron chi connectivity index (χ1n) is 7.76. The molecule has 1 aromatic carbocycles. The van der Waals surface area contributed by atoms with Crippen LogP contribution in [-0.4, -0.2) is 42.8 Å². The van der Waals surface area contributed by atoms with Crippen LogP contribution in [-0.2, 0) is 9.84 Å². The SMILES string of the molecule is O=C(c1cccc(I)c1)N1CC(S(=O)(=O)C2CCCCC2)C1. The number of halogens is 1. The van der Waals surface area contributed by atoms with E-state index in [0.29, 0.717) is 18.7 Å². The number of nitrogens with zero attached hydrogens (tertiary/aromatic N) is 1. The Hall–Kier alpha value is -0.630. The largest absolute Gasteiger partial charge is 0.336 e. The number of hydrogen-bond donors (Lipinski definition) is 0. The molecule has 2 fully saturated rings. The molecule has 0 unspecified atom stereocenters. The molecule has 1 aromatic rings. The summed E-state index contributed by atoms with van der Waals surface area (Å²) in [7, 11) is -3.08. The highest BCUT2D eigenvalue weighted by Gasteiger charge is 2.43. The summed E-state index contributed by atoms with van der Waals surface area (Å²) in [5.41, 5.74) is 0.639. The number of amides is 1. The van der Waals surface area contributed by atoms with Gasteiger partial charge in [0.05, 0.1) is 10.5 Å². The minimum atomic E-state index is -3.08. The molecule has 0 atom stereocenters. The number of likely N-dealkylation sites (tertiary alicyclic amines) is 1. The molecular weight excluding hydrogens is 413 g/mol. The Labute approximate surface area is 145 Å². The van der Waals surface area contributed by atoms with Crippen LogP contribution < -0.4 is 0 Å². The highest BCUT2D eigenvalue weighted by molar-refractivity contribution is 14.1. The number of hydrogen-bond acceptors (Lipinski definition) is 3. The zero-order chi connectivity index (χ0) is 15.7. The minimum absolute atomic E-state index is 0.0615. The molecule has 1 saturated carbocycles. The molecule has 4 nitrogen and oxygen atoms in total. The lowest BCUT2D eigenvalue weighted by atomic mass is 10.0. The van der Waals surface area contributed by atoms with Gasteiger partial charge in [-0.1, -0.05) is 25.3 Å². The van der Waals surface area contributed by atoms with E-state index in [0.717, 1.165) is 35.7 Å². The first-order valence-corrected chi connectivity index (χ1v) is 10.4. The maximum Gasteiger partial charge on any atom is 0.253 e. The maximum absolute atomic E-state index is 12.6. The predicted molar refractivity (Wildman–Crippen MR) is 94.6 cm³/mol. The summed E-state index contributed by atoms with van der Waals surface area (Å²) in [6, 6.07) is 7.41. The van der Waals surface area contributed by atoms with Crippen molar-refractivity contribution in [3.8, 4) is 0 Å². The first-order chi connectivity index (χ1) is 10.5. The molecule has 22 heavy (non-hydrogen) atoms. The summed E-state index contributed by atoms with van der Waals surface area (Å²) < 4.78 is 26.2. The number of rotatable bonds is 3. The van der Waals surface area contributed by atoms with E-state index in [4.69, 9.17) is 0 Å². The topological polar surface area (TPSA) is 54.5 Å². The van der Waals surface area contributed by atoms with Gasteiger partial charge in [0.15, 0.2) is 9.84 Å². The number of sulfone groups is 1. The smallest absolute Gasteiger partial charge is 0.253 e. The Kier molecular flexibility index (Phi) is 4.77. The second-order valence-electron chi connectivity index (χ2n) is 6.19. The second kappa shape index (κ2) is 6.47. The van der Waals surface area contributed by atoms with Crippen molar-refractivity contribution in [3.63, 3.8) is 0 Å². The van der Waals surface area contributed by atoms with Crippen LogP contribution >= 0.6 is 22.6 Å². The summed E-state index contributed by atoms with van der Waals surface area (Å²) in [6.45, 7) is 0.701. The zero-order valence-electron chi connectivity index (χ0n) is 12.4. The molecule has 0 radical (unpaired) electrons. The Balaban J connectivity index is 1.62. The molecule has 3 rings (SSSR count). The van der Waals surface area contributed by atoms with Gasteiger partial charge in [0.1, 0.15) is 0 Å². The monoisotopic (exact) mass is 433 g/mol. The van der Waals surface area contributed by atoms with E-state index < -0.39 is 9.84 Å². The summed E-state index contributed by atoms with van der Waals surface area (Å²) in [6.07, 6.45) is 4.77. The van der Waals surface area contributed by atoms with Gasteiger partial charge in [-0.2, -0.15) is 0 Å². The van der Waals surface area contributed by atoms with Crippen molar-refractivity contribution >= 4 is 38.3 Å². The number of benzene rings is 1. The van der Waals surface area contributed by atoms with Crippen molar-refractivity contribution in [2.75, 3.05) is 13.1 Å². The lowest BCUT2D eigenvalue weighted by Gasteiger charge is -2.40. The Morgan fingerprint density at radius 1 is 1.09 bits per heavy atom. The fourth-order valence-corrected chi connectivity index (χ4v) is 6.13. The fraction of sp³-hybridized carbons (Fsp3) is 0.562. The molecule has 1 heterocycles. The van der Waals surface area contributed by atoms with Gasteiger partial charge in [0.25, 0.3) is 5.91 Å². The van der Waals surface area contributed by atoms with Crippen LogP contribution in [0.15, 0.2) is 24.3 Å². The third-order valence-corrected chi connectivity index (χ3v) is 7.99. The van der Waals surface area contributed by atoms with E-state index in [1.807, 2.05) is 18.2 Å².